The molecule has 15 heavy (non-hydrogen) atoms. The third-order valence-electron chi connectivity index (χ3n) is 2.16. The first-order valence-corrected chi connectivity index (χ1v) is 8.97. The van der Waals surface area contributed by atoms with Gasteiger partial charge in [-0.25, -0.2) is 0 Å². The van der Waals surface area contributed by atoms with E-state index in [0.29, 0.717) is 6.42 Å². The van der Waals surface area contributed by atoms with Crippen LogP contribution in [-0.4, -0.2) is 13.2 Å². The first-order valence-electron chi connectivity index (χ1n) is 5.40. The van der Waals surface area contributed by atoms with Crippen LogP contribution in [0.15, 0.2) is 42.1 Å². The van der Waals surface area contributed by atoms with Crippen molar-refractivity contribution in [3.63, 3.8) is 0 Å². The molecule has 2 heteroatoms. The summed E-state index contributed by atoms with van der Waals surface area (Å²) in [5.41, 5.74) is 3.27. The van der Waals surface area contributed by atoms with Gasteiger partial charge in [-0.3, -0.25) is 0 Å². The number of benzene rings is 1. The second kappa shape index (κ2) is 5.28. The Kier molecular flexibility index (Phi) is 4.30. The maximum absolute atomic E-state index is 9.88. The van der Waals surface area contributed by atoms with Gasteiger partial charge in [0.25, 0.3) is 0 Å². The normalized spacial score (nSPS) is 14.4. The molecule has 0 saturated heterocycles. The van der Waals surface area contributed by atoms with Crippen molar-refractivity contribution in [3.05, 3.63) is 47.7 Å². The summed E-state index contributed by atoms with van der Waals surface area (Å²) in [6.07, 6.45) is 2.47. The van der Waals surface area contributed by atoms with E-state index >= 15 is 0 Å². The van der Waals surface area contributed by atoms with Crippen molar-refractivity contribution in [3.8, 4) is 0 Å². The molecule has 0 radical (unpaired) electrons. The molecule has 1 atom stereocenters. The van der Waals surface area contributed by atoms with Gasteiger partial charge in [-0.2, -0.15) is 0 Å². The van der Waals surface area contributed by atoms with Crippen LogP contribution in [0, 0.1) is 0 Å². The largest absolute Gasteiger partial charge is 0.388 e. The molecule has 0 aliphatic carbocycles. The van der Waals surface area contributed by atoms with Crippen LogP contribution in [0.3, 0.4) is 0 Å². The fourth-order valence-corrected chi connectivity index (χ4v) is 2.20. The van der Waals surface area contributed by atoms with Crippen LogP contribution in [-0.2, 0) is 0 Å². The van der Waals surface area contributed by atoms with Crippen LogP contribution in [0.2, 0.25) is 19.6 Å². The lowest BCUT2D eigenvalue weighted by atomic mass is 10.1. The number of hydrogen-bond acceptors (Lipinski definition) is 1. The second-order valence-corrected chi connectivity index (χ2v) is 10.00. The molecule has 1 rings (SSSR count). The van der Waals surface area contributed by atoms with E-state index in [9.17, 15) is 5.11 Å². The van der Waals surface area contributed by atoms with Crippen molar-refractivity contribution < 1.29 is 5.11 Å². The van der Waals surface area contributed by atoms with Gasteiger partial charge < -0.3 is 5.11 Å². The van der Waals surface area contributed by atoms with Crippen LogP contribution in [0.4, 0.5) is 0 Å². The molecule has 0 saturated carbocycles. The minimum Gasteiger partial charge on any atom is -0.388 e. The second-order valence-electron chi connectivity index (χ2n) is 4.93. The van der Waals surface area contributed by atoms with Gasteiger partial charge in [0.2, 0.25) is 0 Å². The lowest BCUT2D eigenvalue weighted by molar-refractivity contribution is 0.181. The Balaban J connectivity index is 2.51. The van der Waals surface area contributed by atoms with Crippen LogP contribution in [0.5, 0.6) is 0 Å². The fourth-order valence-electron chi connectivity index (χ4n) is 1.36. The summed E-state index contributed by atoms with van der Waals surface area (Å²) in [4.78, 5) is 0. The lowest BCUT2D eigenvalue weighted by Crippen LogP contribution is -2.15. The summed E-state index contributed by atoms with van der Waals surface area (Å²) in [7, 11) is -1.12. The predicted octanol–water partition coefficient (Wildman–Crippen LogP) is 3.54. The highest BCUT2D eigenvalue weighted by Crippen LogP contribution is 2.16. The van der Waals surface area contributed by atoms with E-state index in [0.717, 1.165) is 5.56 Å². The monoisotopic (exact) mass is 220 g/mol. The molecule has 1 nitrogen and oxygen atoms in total. The molecule has 0 aliphatic rings. The zero-order valence-electron chi connectivity index (χ0n) is 9.77. The van der Waals surface area contributed by atoms with Crippen molar-refractivity contribution in [2.45, 2.75) is 32.2 Å². The lowest BCUT2D eigenvalue weighted by Gasteiger charge is -2.11. The predicted molar refractivity (Wildman–Crippen MR) is 68.5 cm³/mol. The molecule has 1 aromatic carbocycles. The Morgan fingerprint density at radius 3 is 2.33 bits per heavy atom. The van der Waals surface area contributed by atoms with Crippen molar-refractivity contribution in [1.82, 2.24) is 0 Å². The third kappa shape index (κ3) is 4.95. The molecule has 0 fully saturated rings. The summed E-state index contributed by atoms with van der Waals surface area (Å²) in [6.45, 7) is 6.87. The first kappa shape index (κ1) is 12.2. The summed E-state index contributed by atoms with van der Waals surface area (Å²) in [6, 6.07) is 9.82. The van der Waals surface area contributed by atoms with Crippen molar-refractivity contribution in [2.75, 3.05) is 0 Å². The summed E-state index contributed by atoms with van der Waals surface area (Å²) < 4.78 is 0. The summed E-state index contributed by atoms with van der Waals surface area (Å²) in [5, 5.41) is 9.88. The SMILES string of the molecule is C[Si](C)(C)/C=C\CC(O)c1ccccc1. The molecule has 0 amide bonds. The summed E-state index contributed by atoms with van der Waals surface area (Å²) in [5.74, 6) is 0. The van der Waals surface area contributed by atoms with Crippen LogP contribution >= 0.6 is 0 Å². The van der Waals surface area contributed by atoms with Crippen molar-refractivity contribution in [1.29, 1.82) is 0 Å². The number of hydrogen-bond donors (Lipinski definition) is 1. The van der Waals surface area contributed by atoms with Gasteiger partial charge in [0, 0.05) is 0 Å². The highest BCUT2D eigenvalue weighted by Gasteiger charge is 2.08. The quantitative estimate of drug-likeness (QED) is 0.769. The zero-order chi connectivity index (χ0) is 11.3. The molecule has 0 aliphatic heterocycles. The van der Waals surface area contributed by atoms with Crippen molar-refractivity contribution in [2.24, 2.45) is 0 Å². The first-order chi connectivity index (χ1) is 6.99. The molecule has 0 heterocycles. The van der Waals surface area contributed by atoms with E-state index in [-0.39, 0.29) is 6.10 Å². The maximum Gasteiger partial charge on any atom is 0.0824 e. The molecule has 82 valence electrons. The van der Waals surface area contributed by atoms with Crippen LogP contribution in [0.25, 0.3) is 0 Å². The Morgan fingerprint density at radius 2 is 1.80 bits per heavy atom. The van der Waals surface area contributed by atoms with Gasteiger partial charge in [-0.05, 0) is 12.0 Å². The van der Waals surface area contributed by atoms with Crippen LogP contribution < -0.4 is 0 Å². The van der Waals surface area contributed by atoms with E-state index in [1.165, 1.54) is 0 Å². The van der Waals surface area contributed by atoms with Crippen molar-refractivity contribution >= 4 is 8.07 Å². The number of aliphatic hydroxyl groups excluding tert-OH is 1. The fraction of sp³-hybridized carbons (Fsp3) is 0.385. The Labute approximate surface area is 93.5 Å². The number of aliphatic hydroxyl groups is 1. The molecule has 0 aromatic heterocycles. The van der Waals surface area contributed by atoms with Gasteiger partial charge in [-0.15, -0.1) is 0 Å². The minimum atomic E-state index is -1.12. The van der Waals surface area contributed by atoms with E-state index in [4.69, 9.17) is 0 Å². The van der Waals surface area contributed by atoms with E-state index in [2.05, 4.69) is 31.4 Å². The van der Waals surface area contributed by atoms with E-state index in [1.54, 1.807) is 0 Å². The van der Waals surface area contributed by atoms with E-state index in [1.807, 2.05) is 30.3 Å². The minimum absolute atomic E-state index is 0.362. The molecule has 1 aromatic rings. The van der Waals surface area contributed by atoms with Gasteiger partial charge in [0.15, 0.2) is 0 Å². The van der Waals surface area contributed by atoms with Crippen LogP contribution in [0.1, 0.15) is 18.1 Å². The summed E-state index contributed by atoms with van der Waals surface area (Å²) >= 11 is 0. The molecule has 0 bridgehead atoms. The molecule has 1 unspecified atom stereocenters. The average molecular weight is 220 g/mol. The topological polar surface area (TPSA) is 20.2 Å². The molecular weight excluding hydrogens is 200 g/mol. The molecule has 0 spiro atoms. The highest BCUT2D eigenvalue weighted by molar-refractivity contribution is 6.80. The molecular formula is C13H20OSi. The zero-order valence-corrected chi connectivity index (χ0v) is 10.8. The Morgan fingerprint density at radius 1 is 1.20 bits per heavy atom. The third-order valence-corrected chi connectivity index (χ3v) is 3.40. The van der Waals surface area contributed by atoms with Gasteiger partial charge in [-0.1, -0.05) is 61.7 Å². The van der Waals surface area contributed by atoms with Gasteiger partial charge in [0.1, 0.15) is 0 Å². The number of rotatable bonds is 4. The Hall–Kier alpha value is -0.863. The van der Waals surface area contributed by atoms with Gasteiger partial charge in [0.05, 0.1) is 14.2 Å². The standard InChI is InChI=1S/C13H20OSi/c1-15(2,3)11-7-10-13(14)12-8-5-4-6-9-12/h4-9,11,13-14H,10H2,1-3H3/b11-7-. The highest BCUT2D eigenvalue weighted by atomic mass is 28.3. The maximum atomic E-state index is 9.88. The Bertz CT molecular complexity index is 311. The average Bonchev–Trinajstić information content (AvgIpc) is 2.17. The van der Waals surface area contributed by atoms with Gasteiger partial charge >= 0.3 is 0 Å². The van der Waals surface area contributed by atoms with E-state index < -0.39 is 8.07 Å². The smallest absolute Gasteiger partial charge is 0.0824 e. The molecule has 1 N–H and O–H groups in total.